The predicted molar refractivity (Wildman–Crippen MR) is 61.0 cm³/mol. The number of phosphoric acid groups is 1. The summed E-state index contributed by atoms with van der Waals surface area (Å²) < 4.78 is 13.7. The molecule has 1 aromatic rings. The molecule has 0 aromatic heterocycles. The number of carbonyl (C=O) groups excluding carboxylic acids is 1. The standard InChI is InChI=1S/C10H12O2.H3O4P/c1-2-12-10(11)8-9-6-4-3-5-7-9;1-5(2,3)4/h3-7H,2,8H2,1H3;(H3,1,2,3,4). The average molecular weight is 262 g/mol. The molecule has 0 atom stereocenters. The van der Waals surface area contributed by atoms with E-state index in [0.717, 1.165) is 5.56 Å². The van der Waals surface area contributed by atoms with Crippen molar-refractivity contribution in [2.75, 3.05) is 6.61 Å². The Morgan fingerprint density at radius 2 is 1.71 bits per heavy atom. The second-order valence-electron chi connectivity index (χ2n) is 2.98. The molecule has 17 heavy (non-hydrogen) atoms. The quantitative estimate of drug-likeness (QED) is 0.551. The molecule has 0 fully saturated rings. The highest BCUT2D eigenvalue weighted by molar-refractivity contribution is 7.45. The van der Waals surface area contributed by atoms with Gasteiger partial charge in [-0.15, -0.1) is 0 Å². The van der Waals surface area contributed by atoms with Crippen LogP contribution in [0, 0.1) is 0 Å². The monoisotopic (exact) mass is 262 g/mol. The van der Waals surface area contributed by atoms with Crippen LogP contribution >= 0.6 is 7.82 Å². The van der Waals surface area contributed by atoms with Crippen molar-refractivity contribution in [3.05, 3.63) is 35.9 Å². The van der Waals surface area contributed by atoms with Crippen molar-refractivity contribution in [3.63, 3.8) is 0 Å². The molecule has 0 unspecified atom stereocenters. The van der Waals surface area contributed by atoms with Gasteiger partial charge in [0.05, 0.1) is 13.0 Å². The van der Waals surface area contributed by atoms with E-state index in [1.165, 1.54) is 0 Å². The zero-order valence-corrected chi connectivity index (χ0v) is 10.2. The van der Waals surface area contributed by atoms with Crippen LogP contribution in [0.2, 0.25) is 0 Å². The van der Waals surface area contributed by atoms with Crippen LogP contribution in [0.1, 0.15) is 12.5 Å². The van der Waals surface area contributed by atoms with Gasteiger partial charge in [-0.25, -0.2) is 4.57 Å². The Kier molecular flexibility index (Phi) is 7.41. The van der Waals surface area contributed by atoms with Crippen molar-refractivity contribution in [1.29, 1.82) is 0 Å². The SMILES string of the molecule is CCOC(=O)Cc1ccccc1.O=P(O)(O)O. The molecule has 0 aliphatic heterocycles. The van der Waals surface area contributed by atoms with Crippen molar-refractivity contribution in [2.45, 2.75) is 13.3 Å². The number of esters is 1. The fraction of sp³-hybridized carbons (Fsp3) is 0.300. The van der Waals surface area contributed by atoms with Crippen LogP contribution in [0.3, 0.4) is 0 Å². The van der Waals surface area contributed by atoms with Gasteiger partial charge in [0, 0.05) is 0 Å². The van der Waals surface area contributed by atoms with Crippen molar-refractivity contribution in [3.8, 4) is 0 Å². The molecule has 0 heterocycles. The van der Waals surface area contributed by atoms with Crippen LogP contribution in [0.5, 0.6) is 0 Å². The van der Waals surface area contributed by atoms with Gasteiger partial charge in [-0.3, -0.25) is 4.79 Å². The van der Waals surface area contributed by atoms with Crippen LogP contribution in [-0.4, -0.2) is 27.3 Å². The molecule has 1 rings (SSSR count). The Labute approximate surface area is 99.1 Å². The summed E-state index contributed by atoms with van der Waals surface area (Å²) in [5, 5.41) is 0. The second kappa shape index (κ2) is 7.97. The van der Waals surface area contributed by atoms with Gasteiger partial charge in [0.25, 0.3) is 0 Å². The molecule has 7 heteroatoms. The number of hydrogen-bond acceptors (Lipinski definition) is 3. The third-order valence-corrected chi connectivity index (χ3v) is 1.50. The van der Waals surface area contributed by atoms with E-state index in [-0.39, 0.29) is 5.97 Å². The lowest BCUT2D eigenvalue weighted by Crippen LogP contribution is -2.06. The lowest BCUT2D eigenvalue weighted by Gasteiger charge is -2.00. The molecule has 1 aromatic carbocycles. The smallest absolute Gasteiger partial charge is 0.466 e. The fourth-order valence-corrected chi connectivity index (χ4v) is 0.975. The number of ether oxygens (including phenoxy) is 1. The van der Waals surface area contributed by atoms with Gasteiger partial charge in [-0.05, 0) is 12.5 Å². The lowest BCUT2D eigenvalue weighted by atomic mass is 10.2. The molecular weight excluding hydrogens is 247 g/mol. The Morgan fingerprint density at radius 3 is 2.12 bits per heavy atom. The van der Waals surface area contributed by atoms with Crippen molar-refractivity contribution in [1.82, 2.24) is 0 Å². The second-order valence-corrected chi connectivity index (χ2v) is 4.01. The summed E-state index contributed by atoms with van der Waals surface area (Å²) >= 11 is 0. The van der Waals surface area contributed by atoms with E-state index >= 15 is 0 Å². The topological polar surface area (TPSA) is 104 Å². The minimum absolute atomic E-state index is 0.163. The molecule has 0 aliphatic rings. The maximum Gasteiger partial charge on any atom is 0.466 e. The molecule has 6 nitrogen and oxygen atoms in total. The minimum Gasteiger partial charge on any atom is -0.466 e. The summed E-state index contributed by atoms with van der Waals surface area (Å²) in [6.07, 6.45) is 0.370. The summed E-state index contributed by atoms with van der Waals surface area (Å²) in [6, 6.07) is 9.58. The van der Waals surface area contributed by atoms with Gasteiger partial charge in [0.2, 0.25) is 0 Å². The van der Waals surface area contributed by atoms with Crippen LogP contribution in [0.15, 0.2) is 30.3 Å². The van der Waals surface area contributed by atoms with Gasteiger partial charge in [-0.1, -0.05) is 30.3 Å². The molecular formula is C10H15O6P. The normalized spacial score (nSPS) is 10.1. The van der Waals surface area contributed by atoms with E-state index in [1.54, 1.807) is 0 Å². The third-order valence-electron chi connectivity index (χ3n) is 1.50. The van der Waals surface area contributed by atoms with Crippen molar-refractivity contribution in [2.24, 2.45) is 0 Å². The number of benzene rings is 1. The van der Waals surface area contributed by atoms with E-state index in [9.17, 15) is 4.79 Å². The third kappa shape index (κ3) is 12.7. The predicted octanol–water partition coefficient (Wildman–Crippen LogP) is 0.864. The highest BCUT2D eigenvalue weighted by atomic mass is 31.2. The number of hydrogen-bond donors (Lipinski definition) is 3. The van der Waals surface area contributed by atoms with E-state index in [4.69, 9.17) is 24.0 Å². The highest BCUT2D eigenvalue weighted by Gasteiger charge is 2.01. The van der Waals surface area contributed by atoms with Crippen LogP contribution in [0.4, 0.5) is 0 Å². The molecule has 96 valence electrons. The first-order valence-corrected chi connectivity index (χ1v) is 6.37. The van der Waals surface area contributed by atoms with Gasteiger partial charge in [0.1, 0.15) is 0 Å². The number of rotatable bonds is 3. The van der Waals surface area contributed by atoms with E-state index in [1.807, 2.05) is 37.3 Å². The Bertz CT molecular complexity index is 363. The van der Waals surface area contributed by atoms with Gasteiger partial charge in [0.15, 0.2) is 0 Å². The average Bonchev–Trinajstić information content (AvgIpc) is 2.16. The Balaban J connectivity index is 0.000000437. The van der Waals surface area contributed by atoms with Crippen LogP contribution in [0.25, 0.3) is 0 Å². The molecule has 0 radical (unpaired) electrons. The lowest BCUT2D eigenvalue weighted by molar-refractivity contribution is -0.142. The minimum atomic E-state index is -4.64. The van der Waals surface area contributed by atoms with Gasteiger partial charge >= 0.3 is 13.8 Å². The molecule has 3 N–H and O–H groups in total. The van der Waals surface area contributed by atoms with E-state index in [2.05, 4.69) is 0 Å². The zero-order valence-electron chi connectivity index (χ0n) is 9.31. The summed E-state index contributed by atoms with van der Waals surface area (Å²) in [7, 11) is -4.64. The van der Waals surface area contributed by atoms with E-state index in [0.29, 0.717) is 13.0 Å². The Morgan fingerprint density at radius 1 is 1.24 bits per heavy atom. The molecule has 0 saturated heterocycles. The van der Waals surface area contributed by atoms with Crippen LogP contribution < -0.4 is 0 Å². The highest BCUT2D eigenvalue weighted by Crippen LogP contribution is 2.25. The first kappa shape index (κ1) is 15.8. The summed E-state index contributed by atoms with van der Waals surface area (Å²) in [6.45, 7) is 2.26. The molecule has 0 spiro atoms. The van der Waals surface area contributed by atoms with Crippen molar-refractivity contribution < 1.29 is 28.8 Å². The summed E-state index contributed by atoms with van der Waals surface area (Å²) in [4.78, 5) is 32.6. The fourth-order valence-electron chi connectivity index (χ4n) is 0.975. The first-order chi connectivity index (χ1) is 7.83. The van der Waals surface area contributed by atoms with E-state index < -0.39 is 7.82 Å². The zero-order chi connectivity index (χ0) is 13.3. The van der Waals surface area contributed by atoms with Gasteiger partial charge < -0.3 is 19.4 Å². The maximum atomic E-state index is 11.0. The maximum absolute atomic E-state index is 11.0. The van der Waals surface area contributed by atoms with Crippen molar-refractivity contribution >= 4 is 13.8 Å². The first-order valence-electron chi connectivity index (χ1n) is 4.80. The number of carbonyl (C=O) groups is 1. The Hall–Kier alpha value is -1.20. The molecule has 0 saturated carbocycles. The largest absolute Gasteiger partial charge is 0.466 e. The van der Waals surface area contributed by atoms with Crippen LogP contribution in [-0.2, 0) is 20.5 Å². The molecule has 0 amide bonds. The summed E-state index contributed by atoms with van der Waals surface area (Å²) in [5.74, 6) is -0.163. The molecule has 0 bridgehead atoms. The summed E-state index contributed by atoms with van der Waals surface area (Å²) in [5.41, 5.74) is 0.996. The molecule has 0 aliphatic carbocycles. The van der Waals surface area contributed by atoms with Gasteiger partial charge in [-0.2, -0.15) is 0 Å².